The van der Waals surface area contributed by atoms with Crippen LogP contribution in [0.1, 0.15) is 24.6 Å². The molecule has 2 saturated heterocycles. The van der Waals surface area contributed by atoms with Gasteiger partial charge < -0.3 is 20.1 Å². The maximum Gasteiger partial charge on any atom is 0.223 e. The first-order valence-corrected chi connectivity index (χ1v) is 9.72. The lowest BCUT2D eigenvalue weighted by Gasteiger charge is -2.27. The van der Waals surface area contributed by atoms with E-state index < -0.39 is 6.17 Å². The van der Waals surface area contributed by atoms with Crippen LogP contribution in [0.15, 0.2) is 24.5 Å². The van der Waals surface area contributed by atoms with E-state index in [1.54, 1.807) is 30.1 Å². The number of halogens is 1. The maximum atomic E-state index is 14.1. The Kier molecular flexibility index (Phi) is 4.72. The molecule has 5 heterocycles. The van der Waals surface area contributed by atoms with Crippen LogP contribution in [0.3, 0.4) is 0 Å². The summed E-state index contributed by atoms with van der Waals surface area (Å²) < 4.78 is 26.9. The minimum absolute atomic E-state index is 0.0764. The molecular weight excluding hydrogens is 377 g/mol. The molecule has 2 N–H and O–H groups in total. The number of hydrogen-bond acceptors (Lipinski definition) is 8. The van der Waals surface area contributed by atoms with Crippen molar-refractivity contribution in [1.29, 1.82) is 0 Å². The Morgan fingerprint density at radius 3 is 3.00 bits per heavy atom. The molecule has 2 aliphatic heterocycles. The quantitative estimate of drug-likeness (QED) is 0.670. The SMILES string of the molecule is COc1cc2ncc(-c3ccnc(NC4CNCCC4F)n3)n2nc1C1CCO1. The second kappa shape index (κ2) is 7.53. The van der Waals surface area contributed by atoms with Gasteiger partial charge in [0, 0.05) is 25.2 Å². The van der Waals surface area contributed by atoms with E-state index >= 15 is 0 Å². The van der Waals surface area contributed by atoms with Gasteiger partial charge in [-0.25, -0.2) is 23.9 Å². The van der Waals surface area contributed by atoms with Crippen molar-refractivity contribution in [2.24, 2.45) is 0 Å². The van der Waals surface area contributed by atoms with E-state index in [1.165, 1.54) is 0 Å². The summed E-state index contributed by atoms with van der Waals surface area (Å²) in [5.74, 6) is 1.04. The van der Waals surface area contributed by atoms with Gasteiger partial charge in [-0.3, -0.25) is 0 Å². The van der Waals surface area contributed by atoms with E-state index in [9.17, 15) is 4.39 Å². The average Bonchev–Trinajstić information content (AvgIpc) is 3.11. The summed E-state index contributed by atoms with van der Waals surface area (Å²) in [5, 5.41) is 11.0. The summed E-state index contributed by atoms with van der Waals surface area (Å²) in [6.45, 7) is 1.94. The van der Waals surface area contributed by atoms with Gasteiger partial charge in [0.1, 0.15) is 29.4 Å². The molecule has 29 heavy (non-hydrogen) atoms. The third kappa shape index (κ3) is 3.38. The highest BCUT2D eigenvalue weighted by molar-refractivity contribution is 5.61. The molecule has 3 unspecified atom stereocenters. The van der Waals surface area contributed by atoms with Crippen LogP contribution in [0.25, 0.3) is 17.0 Å². The molecule has 2 fully saturated rings. The fourth-order valence-electron chi connectivity index (χ4n) is 3.63. The van der Waals surface area contributed by atoms with E-state index in [-0.39, 0.29) is 12.1 Å². The largest absolute Gasteiger partial charge is 0.495 e. The van der Waals surface area contributed by atoms with Gasteiger partial charge >= 0.3 is 0 Å². The molecule has 0 amide bonds. The lowest BCUT2D eigenvalue weighted by atomic mass is 10.1. The number of fused-ring (bicyclic) bond motifs is 1. The number of ether oxygens (including phenoxy) is 2. The predicted octanol–water partition coefficient (Wildman–Crippen LogP) is 1.77. The summed E-state index contributed by atoms with van der Waals surface area (Å²) in [7, 11) is 1.61. The van der Waals surface area contributed by atoms with Gasteiger partial charge in [-0.05, 0) is 19.0 Å². The highest BCUT2D eigenvalue weighted by atomic mass is 19.1. The van der Waals surface area contributed by atoms with Gasteiger partial charge in [0.05, 0.1) is 31.6 Å². The van der Waals surface area contributed by atoms with Crippen LogP contribution in [0.5, 0.6) is 5.75 Å². The highest BCUT2D eigenvalue weighted by Gasteiger charge is 2.28. The molecule has 3 aromatic rings. The zero-order valence-corrected chi connectivity index (χ0v) is 16.0. The normalized spacial score (nSPS) is 24.3. The predicted molar refractivity (Wildman–Crippen MR) is 104 cm³/mol. The first-order chi connectivity index (χ1) is 14.2. The number of piperidine rings is 1. The molecule has 5 rings (SSSR count). The summed E-state index contributed by atoms with van der Waals surface area (Å²) >= 11 is 0. The molecule has 0 saturated carbocycles. The third-order valence-electron chi connectivity index (χ3n) is 5.34. The molecule has 9 nitrogen and oxygen atoms in total. The van der Waals surface area contributed by atoms with Gasteiger partial charge in [0.25, 0.3) is 0 Å². The van der Waals surface area contributed by atoms with Crippen LogP contribution in [0.4, 0.5) is 10.3 Å². The van der Waals surface area contributed by atoms with Crippen molar-refractivity contribution in [3.63, 3.8) is 0 Å². The molecular formula is C19H22FN7O2. The number of rotatable bonds is 5. The number of anilines is 1. The topological polar surface area (TPSA) is 98.5 Å². The Labute approximate surface area is 166 Å². The van der Waals surface area contributed by atoms with Crippen LogP contribution >= 0.6 is 0 Å². The Morgan fingerprint density at radius 2 is 2.24 bits per heavy atom. The van der Waals surface area contributed by atoms with E-state index in [2.05, 4.69) is 25.6 Å². The van der Waals surface area contributed by atoms with Gasteiger partial charge in [-0.15, -0.1) is 0 Å². The Bertz CT molecular complexity index is 1020. The number of nitrogens with zero attached hydrogens (tertiary/aromatic N) is 5. The molecule has 0 spiro atoms. The second-order valence-electron chi connectivity index (χ2n) is 7.18. The summed E-state index contributed by atoms with van der Waals surface area (Å²) in [4.78, 5) is 13.2. The molecule has 0 radical (unpaired) electrons. The number of methoxy groups -OCH3 is 1. The Hall–Kier alpha value is -2.85. The van der Waals surface area contributed by atoms with Crippen LogP contribution in [-0.2, 0) is 4.74 Å². The first-order valence-electron chi connectivity index (χ1n) is 9.72. The number of imidazole rings is 1. The average molecular weight is 399 g/mol. The third-order valence-corrected chi connectivity index (χ3v) is 5.34. The van der Waals surface area contributed by atoms with Gasteiger partial charge in [0.2, 0.25) is 5.95 Å². The highest BCUT2D eigenvalue weighted by Crippen LogP contribution is 2.35. The number of nitrogens with one attached hydrogen (secondary N) is 2. The smallest absolute Gasteiger partial charge is 0.223 e. The molecule has 0 bridgehead atoms. The fraction of sp³-hybridized carbons (Fsp3) is 0.474. The van der Waals surface area contributed by atoms with Crippen molar-refractivity contribution >= 4 is 11.6 Å². The molecule has 2 aliphatic rings. The number of aromatic nitrogens is 5. The molecule has 3 atom stereocenters. The van der Waals surface area contributed by atoms with Crippen molar-refractivity contribution in [3.8, 4) is 17.1 Å². The van der Waals surface area contributed by atoms with Crippen molar-refractivity contribution in [1.82, 2.24) is 29.9 Å². The minimum Gasteiger partial charge on any atom is -0.495 e. The summed E-state index contributed by atoms with van der Waals surface area (Å²) in [6, 6.07) is 3.27. The van der Waals surface area contributed by atoms with Gasteiger partial charge in [0.15, 0.2) is 5.65 Å². The monoisotopic (exact) mass is 399 g/mol. The fourth-order valence-corrected chi connectivity index (χ4v) is 3.63. The van der Waals surface area contributed by atoms with Crippen LogP contribution in [0.2, 0.25) is 0 Å². The zero-order chi connectivity index (χ0) is 19.8. The Morgan fingerprint density at radius 1 is 1.34 bits per heavy atom. The lowest BCUT2D eigenvalue weighted by Crippen LogP contribution is -2.46. The van der Waals surface area contributed by atoms with Crippen LogP contribution < -0.4 is 15.4 Å². The van der Waals surface area contributed by atoms with Gasteiger partial charge in [-0.1, -0.05) is 0 Å². The van der Waals surface area contributed by atoms with Crippen LogP contribution in [0, 0.1) is 0 Å². The molecule has 0 aliphatic carbocycles. The lowest BCUT2D eigenvalue weighted by molar-refractivity contribution is -0.0569. The number of alkyl halides is 1. The van der Waals surface area contributed by atoms with E-state index in [0.29, 0.717) is 48.2 Å². The minimum atomic E-state index is -0.932. The second-order valence-corrected chi connectivity index (χ2v) is 7.18. The Balaban J connectivity index is 1.49. The zero-order valence-electron chi connectivity index (χ0n) is 16.0. The molecule has 3 aromatic heterocycles. The van der Waals surface area contributed by atoms with Crippen molar-refractivity contribution in [3.05, 3.63) is 30.2 Å². The molecule has 152 valence electrons. The van der Waals surface area contributed by atoms with E-state index in [1.807, 2.05) is 6.07 Å². The van der Waals surface area contributed by atoms with Crippen molar-refractivity contribution in [2.75, 3.05) is 32.1 Å². The summed E-state index contributed by atoms with van der Waals surface area (Å²) in [5.41, 5.74) is 2.75. The number of hydrogen-bond donors (Lipinski definition) is 2. The first kappa shape index (κ1) is 18.2. The van der Waals surface area contributed by atoms with E-state index in [0.717, 1.165) is 18.7 Å². The molecule has 0 aromatic carbocycles. The van der Waals surface area contributed by atoms with Crippen molar-refractivity contribution < 1.29 is 13.9 Å². The van der Waals surface area contributed by atoms with Crippen LogP contribution in [-0.4, -0.2) is 63.6 Å². The molecule has 10 heteroatoms. The van der Waals surface area contributed by atoms with Crippen molar-refractivity contribution in [2.45, 2.75) is 31.2 Å². The summed E-state index contributed by atoms with van der Waals surface area (Å²) in [6.07, 6.45) is 3.72. The van der Waals surface area contributed by atoms with Gasteiger partial charge in [-0.2, -0.15) is 5.10 Å². The standard InChI is InChI=1S/C19H22FN7O2/c1-28-16-8-17-23-10-14(27(17)26-18(16)15-4-7-29-15)12-3-6-22-19(24-12)25-13-9-21-5-2-11(13)20/h3,6,8,10-11,13,15,21H,2,4-5,7,9H2,1H3,(H,22,24,25). The maximum absolute atomic E-state index is 14.1. The van der Waals surface area contributed by atoms with E-state index in [4.69, 9.17) is 14.6 Å².